The lowest BCUT2D eigenvalue weighted by Crippen LogP contribution is -2.08. The van der Waals surface area contributed by atoms with E-state index in [-0.39, 0.29) is 18.2 Å². The Kier molecular flexibility index (Phi) is 4.70. The quantitative estimate of drug-likeness (QED) is 0.337. The molecule has 0 amide bonds. The molecular weight excluding hydrogens is 248 g/mol. The van der Waals surface area contributed by atoms with Crippen LogP contribution in [0.25, 0.3) is 0 Å². The zero-order valence-electron chi connectivity index (χ0n) is 10.9. The minimum absolute atomic E-state index is 0.0325. The third-order valence-corrected chi connectivity index (χ3v) is 2.95. The Morgan fingerprint density at radius 2 is 2.26 bits per heavy atom. The molecule has 0 aromatic heterocycles. The fourth-order valence-electron chi connectivity index (χ4n) is 1.74. The van der Waals surface area contributed by atoms with Gasteiger partial charge in [-0.1, -0.05) is 6.07 Å². The molecule has 0 bridgehead atoms. The molecule has 0 atom stereocenters. The van der Waals surface area contributed by atoms with Gasteiger partial charge in [-0.05, 0) is 37.4 Å². The molecule has 0 radical (unpaired) electrons. The maximum Gasteiger partial charge on any atom is 0.311 e. The number of nitro benzene ring substituents is 1. The summed E-state index contributed by atoms with van der Waals surface area (Å²) in [5, 5.41) is 13.9. The highest BCUT2D eigenvalue weighted by Crippen LogP contribution is 2.30. The number of benzene rings is 1. The van der Waals surface area contributed by atoms with Gasteiger partial charge in [0, 0.05) is 12.6 Å². The first-order chi connectivity index (χ1) is 9.20. The van der Waals surface area contributed by atoms with E-state index in [1.807, 2.05) is 7.05 Å². The van der Waals surface area contributed by atoms with Crippen LogP contribution in [0.2, 0.25) is 0 Å². The highest BCUT2D eigenvalue weighted by atomic mass is 16.7. The summed E-state index contributed by atoms with van der Waals surface area (Å²) < 4.78 is 10.7. The van der Waals surface area contributed by atoms with Crippen molar-refractivity contribution in [2.45, 2.75) is 19.4 Å². The van der Waals surface area contributed by atoms with Crippen molar-refractivity contribution in [1.29, 1.82) is 0 Å². The van der Waals surface area contributed by atoms with Crippen LogP contribution in [0, 0.1) is 16.0 Å². The van der Waals surface area contributed by atoms with Crippen molar-refractivity contribution in [3.63, 3.8) is 0 Å². The van der Waals surface area contributed by atoms with Crippen molar-refractivity contribution >= 4 is 5.69 Å². The highest BCUT2D eigenvalue weighted by molar-refractivity contribution is 5.48. The first-order valence-corrected chi connectivity index (χ1v) is 6.33. The Bertz CT molecular complexity index is 446. The van der Waals surface area contributed by atoms with Crippen LogP contribution >= 0.6 is 0 Å². The van der Waals surface area contributed by atoms with Gasteiger partial charge in [-0.2, -0.15) is 0 Å². The second-order valence-electron chi connectivity index (χ2n) is 4.67. The van der Waals surface area contributed by atoms with Gasteiger partial charge in [-0.15, -0.1) is 0 Å². The number of nitro groups is 1. The zero-order chi connectivity index (χ0) is 13.7. The third kappa shape index (κ3) is 4.18. The number of hydrogen-bond donors (Lipinski definition) is 1. The van der Waals surface area contributed by atoms with Crippen LogP contribution in [0.5, 0.6) is 5.75 Å². The lowest BCUT2D eigenvalue weighted by atomic mass is 10.2. The molecule has 1 saturated carbocycles. The van der Waals surface area contributed by atoms with E-state index in [1.165, 1.54) is 18.9 Å². The smallest absolute Gasteiger partial charge is 0.311 e. The molecule has 0 spiro atoms. The predicted molar refractivity (Wildman–Crippen MR) is 70.0 cm³/mol. The van der Waals surface area contributed by atoms with Gasteiger partial charge >= 0.3 is 5.69 Å². The summed E-state index contributed by atoms with van der Waals surface area (Å²) in [5.74, 6) is 0.905. The molecule has 0 heterocycles. The molecule has 0 saturated heterocycles. The number of nitrogens with one attached hydrogen (secondary N) is 1. The van der Waals surface area contributed by atoms with Gasteiger partial charge in [0.15, 0.2) is 12.5 Å². The molecule has 19 heavy (non-hydrogen) atoms. The normalized spacial score (nSPS) is 14.4. The average Bonchev–Trinajstić information content (AvgIpc) is 3.19. The van der Waals surface area contributed by atoms with Gasteiger partial charge in [-0.3, -0.25) is 10.1 Å². The van der Waals surface area contributed by atoms with Gasteiger partial charge in [0.25, 0.3) is 0 Å². The lowest BCUT2D eigenvalue weighted by Gasteiger charge is -2.09. The largest absolute Gasteiger partial charge is 0.460 e. The maximum absolute atomic E-state index is 10.9. The van der Waals surface area contributed by atoms with Crippen molar-refractivity contribution in [3.8, 4) is 5.75 Å². The standard InChI is InChI=1S/C13H18N2O4/c1-14-7-11-4-5-12(15(16)17)13(6-11)19-9-18-8-10-2-3-10/h4-6,10,14H,2-3,7-9H2,1H3. The molecule has 1 aliphatic rings. The van der Waals surface area contributed by atoms with Gasteiger partial charge in [-0.25, -0.2) is 0 Å². The Balaban J connectivity index is 1.96. The van der Waals surface area contributed by atoms with E-state index < -0.39 is 4.92 Å². The van der Waals surface area contributed by atoms with Gasteiger partial charge in [0.05, 0.1) is 11.5 Å². The summed E-state index contributed by atoms with van der Waals surface area (Å²) in [7, 11) is 1.82. The average molecular weight is 266 g/mol. The number of ether oxygens (including phenoxy) is 2. The van der Waals surface area contributed by atoms with E-state index in [0.29, 0.717) is 19.1 Å². The fraction of sp³-hybridized carbons (Fsp3) is 0.538. The number of hydrogen-bond acceptors (Lipinski definition) is 5. The molecule has 1 fully saturated rings. The van der Waals surface area contributed by atoms with E-state index in [9.17, 15) is 10.1 Å². The van der Waals surface area contributed by atoms with Crippen LogP contribution in [-0.4, -0.2) is 25.4 Å². The van der Waals surface area contributed by atoms with Gasteiger partial charge in [0.1, 0.15) is 0 Å². The van der Waals surface area contributed by atoms with Crippen LogP contribution in [-0.2, 0) is 11.3 Å². The summed E-state index contributed by atoms with van der Waals surface area (Å²) in [5.41, 5.74) is 0.903. The van der Waals surface area contributed by atoms with E-state index >= 15 is 0 Å². The molecule has 0 aliphatic heterocycles. The van der Waals surface area contributed by atoms with Crippen LogP contribution in [0.15, 0.2) is 18.2 Å². The molecule has 1 aromatic rings. The Morgan fingerprint density at radius 3 is 2.89 bits per heavy atom. The van der Waals surface area contributed by atoms with Crippen LogP contribution < -0.4 is 10.1 Å². The van der Waals surface area contributed by atoms with Crippen molar-refractivity contribution in [2.24, 2.45) is 5.92 Å². The molecule has 2 rings (SSSR count). The van der Waals surface area contributed by atoms with E-state index in [0.717, 1.165) is 5.56 Å². The highest BCUT2D eigenvalue weighted by Gasteiger charge is 2.21. The van der Waals surface area contributed by atoms with E-state index in [1.54, 1.807) is 12.1 Å². The molecule has 0 unspecified atom stereocenters. The van der Waals surface area contributed by atoms with Crippen LogP contribution in [0.3, 0.4) is 0 Å². The van der Waals surface area contributed by atoms with Crippen LogP contribution in [0.1, 0.15) is 18.4 Å². The number of rotatable bonds is 8. The molecule has 1 aliphatic carbocycles. The van der Waals surface area contributed by atoms with Crippen molar-refractivity contribution in [1.82, 2.24) is 5.32 Å². The lowest BCUT2D eigenvalue weighted by molar-refractivity contribution is -0.386. The summed E-state index contributed by atoms with van der Waals surface area (Å²) in [4.78, 5) is 10.5. The van der Waals surface area contributed by atoms with E-state index in [4.69, 9.17) is 9.47 Å². The molecule has 1 aromatic carbocycles. The second kappa shape index (κ2) is 6.49. The van der Waals surface area contributed by atoms with Crippen molar-refractivity contribution in [3.05, 3.63) is 33.9 Å². The summed E-state index contributed by atoms with van der Waals surface area (Å²) in [6.45, 7) is 1.36. The van der Waals surface area contributed by atoms with Crippen LogP contribution in [0.4, 0.5) is 5.69 Å². The van der Waals surface area contributed by atoms with Crippen molar-refractivity contribution in [2.75, 3.05) is 20.4 Å². The van der Waals surface area contributed by atoms with E-state index in [2.05, 4.69) is 5.32 Å². The maximum atomic E-state index is 10.9. The van der Waals surface area contributed by atoms with Gasteiger partial charge in [0.2, 0.25) is 0 Å². The summed E-state index contributed by atoms with van der Waals surface area (Å²) >= 11 is 0. The fourth-order valence-corrected chi connectivity index (χ4v) is 1.74. The zero-order valence-corrected chi connectivity index (χ0v) is 10.9. The molecule has 1 N–H and O–H groups in total. The molecule has 104 valence electrons. The number of nitrogens with zero attached hydrogens (tertiary/aromatic N) is 1. The molecule has 6 nitrogen and oxygen atoms in total. The minimum atomic E-state index is -0.445. The Hall–Kier alpha value is -1.66. The molecular formula is C13H18N2O4. The topological polar surface area (TPSA) is 73.6 Å². The third-order valence-electron chi connectivity index (χ3n) is 2.95. The van der Waals surface area contributed by atoms with Crippen molar-refractivity contribution < 1.29 is 14.4 Å². The first kappa shape index (κ1) is 13.8. The SMILES string of the molecule is CNCc1ccc([N+](=O)[O-])c(OCOCC2CC2)c1. The predicted octanol–water partition coefficient (Wildman–Crippen LogP) is 2.08. The minimum Gasteiger partial charge on any atom is -0.460 e. The molecule has 6 heteroatoms. The summed E-state index contributed by atoms with van der Waals surface area (Å²) in [6, 6.07) is 4.85. The monoisotopic (exact) mass is 266 g/mol. The Morgan fingerprint density at radius 1 is 1.47 bits per heavy atom. The van der Waals surface area contributed by atoms with Gasteiger partial charge < -0.3 is 14.8 Å². The second-order valence-corrected chi connectivity index (χ2v) is 4.67. The summed E-state index contributed by atoms with van der Waals surface area (Å²) in [6.07, 6.45) is 2.41. The Labute approximate surface area is 111 Å². The first-order valence-electron chi connectivity index (χ1n) is 6.33.